The first kappa shape index (κ1) is 12.3. The maximum Gasteiger partial charge on any atom is 0.292 e. The van der Waals surface area contributed by atoms with Gasteiger partial charge < -0.3 is 14.2 Å². The molecule has 1 fully saturated rings. The summed E-state index contributed by atoms with van der Waals surface area (Å²) in [4.78, 5) is 25.0. The third kappa shape index (κ3) is 1.97. The third-order valence-electron chi connectivity index (χ3n) is 3.95. The molecule has 9 nitrogen and oxygen atoms in total. The van der Waals surface area contributed by atoms with Gasteiger partial charge >= 0.3 is 0 Å². The third-order valence-corrected chi connectivity index (χ3v) is 3.95. The van der Waals surface area contributed by atoms with Crippen molar-refractivity contribution in [2.24, 2.45) is 0 Å². The molecule has 0 saturated carbocycles. The van der Waals surface area contributed by atoms with Crippen molar-refractivity contribution in [1.29, 1.82) is 0 Å². The van der Waals surface area contributed by atoms with E-state index in [0.29, 0.717) is 26.1 Å². The van der Waals surface area contributed by atoms with E-state index < -0.39 is 5.56 Å². The fourth-order valence-electron chi connectivity index (χ4n) is 2.91. The summed E-state index contributed by atoms with van der Waals surface area (Å²) in [6.07, 6.45) is 2.41. The number of nitrogens with zero attached hydrogens (tertiary/aromatic N) is 4. The zero-order chi connectivity index (χ0) is 14.4. The van der Waals surface area contributed by atoms with Gasteiger partial charge in [-0.3, -0.25) is 9.59 Å². The molecule has 2 aliphatic rings. The number of aromatic nitrogens is 4. The predicted octanol–water partition coefficient (Wildman–Crippen LogP) is -0.455. The van der Waals surface area contributed by atoms with Crippen molar-refractivity contribution in [3.63, 3.8) is 0 Å². The Morgan fingerprint density at radius 3 is 3.19 bits per heavy atom. The second-order valence-corrected chi connectivity index (χ2v) is 5.20. The molecule has 0 spiro atoms. The van der Waals surface area contributed by atoms with Crippen LogP contribution in [-0.4, -0.2) is 50.2 Å². The highest BCUT2D eigenvalue weighted by atomic mass is 16.5. The monoisotopic (exact) mass is 291 g/mol. The Balaban J connectivity index is 1.58. The van der Waals surface area contributed by atoms with E-state index in [9.17, 15) is 9.59 Å². The van der Waals surface area contributed by atoms with E-state index in [4.69, 9.17) is 9.26 Å². The Kier molecular flexibility index (Phi) is 2.67. The molecule has 110 valence electrons. The summed E-state index contributed by atoms with van der Waals surface area (Å²) in [5.74, 6) is -0.284. The zero-order valence-corrected chi connectivity index (χ0v) is 11.1. The normalized spacial score (nSPS) is 24.5. The van der Waals surface area contributed by atoms with E-state index >= 15 is 0 Å². The number of carbonyl (C=O) groups is 1. The molecule has 9 heteroatoms. The molecule has 0 radical (unpaired) electrons. The maximum absolute atomic E-state index is 12.3. The number of rotatable bonds is 1. The lowest BCUT2D eigenvalue weighted by atomic mass is 10.00. The number of hydrogen-bond acceptors (Lipinski definition) is 6. The molecule has 0 aromatic carbocycles. The van der Waals surface area contributed by atoms with Crippen LogP contribution in [0.4, 0.5) is 0 Å². The number of likely N-dealkylation sites (tertiary alicyclic amines) is 1. The highest BCUT2D eigenvalue weighted by Crippen LogP contribution is 2.30. The summed E-state index contributed by atoms with van der Waals surface area (Å²) in [7, 11) is 0. The Bertz CT molecular complexity index is 732. The van der Waals surface area contributed by atoms with Gasteiger partial charge in [0.25, 0.3) is 11.5 Å². The van der Waals surface area contributed by atoms with Gasteiger partial charge in [-0.1, -0.05) is 5.21 Å². The average molecular weight is 291 g/mol. The van der Waals surface area contributed by atoms with Crippen molar-refractivity contribution in [3.05, 3.63) is 34.1 Å². The molecule has 2 aliphatic heterocycles. The molecule has 21 heavy (non-hydrogen) atoms. The van der Waals surface area contributed by atoms with Crippen LogP contribution in [0.25, 0.3) is 0 Å². The highest BCUT2D eigenvalue weighted by molar-refractivity contribution is 5.91. The standard InChI is InChI=1S/C12H13N5O4/c18-11-3-10(21-14-11)12(19)16-2-1-9-8(5-16)17-7(6-20-9)4-13-15-17/h3-4,8-9H,1-2,5-6H2,(H,14,18)/t8-,9-/m1/s1. The minimum Gasteiger partial charge on any atom is -0.373 e. The van der Waals surface area contributed by atoms with E-state index in [1.165, 1.54) is 0 Å². The SMILES string of the molecule is O=C(c1cc(=O)[nH]o1)N1CC[C@H]2OCc3cnnn3[C@@H]2C1. The summed E-state index contributed by atoms with van der Waals surface area (Å²) in [5, 5.41) is 10.1. The first-order valence-corrected chi connectivity index (χ1v) is 6.71. The summed E-state index contributed by atoms with van der Waals surface area (Å²) in [6.45, 7) is 1.50. The second kappa shape index (κ2) is 4.55. The minimum atomic E-state index is -0.423. The fourth-order valence-corrected chi connectivity index (χ4v) is 2.91. The van der Waals surface area contributed by atoms with Gasteiger partial charge in [-0.05, 0) is 6.42 Å². The van der Waals surface area contributed by atoms with Crippen LogP contribution < -0.4 is 5.56 Å². The van der Waals surface area contributed by atoms with Crippen molar-refractivity contribution in [2.45, 2.75) is 25.2 Å². The number of fused-ring (bicyclic) bond motifs is 3. The number of aromatic amines is 1. The quantitative estimate of drug-likeness (QED) is 0.762. The lowest BCUT2D eigenvalue weighted by Gasteiger charge is -2.40. The van der Waals surface area contributed by atoms with Gasteiger partial charge in [-0.15, -0.1) is 5.10 Å². The summed E-state index contributed by atoms with van der Waals surface area (Å²) < 4.78 is 12.5. The fraction of sp³-hybridized carbons (Fsp3) is 0.500. The first-order valence-electron chi connectivity index (χ1n) is 6.71. The summed E-state index contributed by atoms with van der Waals surface area (Å²) in [6, 6.07) is 1.10. The number of ether oxygens (including phenoxy) is 1. The van der Waals surface area contributed by atoms with Crippen molar-refractivity contribution < 1.29 is 14.1 Å². The molecule has 0 bridgehead atoms. The number of piperidine rings is 1. The molecule has 0 unspecified atom stereocenters. The van der Waals surface area contributed by atoms with E-state index in [2.05, 4.69) is 15.5 Å². The van der Waals surface area contributed by atoms with Crippen molar-refractivity contribution in [3.8, 4) is 0 Å². The van der Waals surface area contributed by atoms with Crippen molar-refractivity contribution >= 4 is 5.91 Å². The zero-order valence-electron chi connectivity index (χ0n) is 11.1. The van der Waals surface area contributed by atoms with Crippen LogP contribution in [0.5, 0.6) is 0 Å². The van der Waals surface area contributed by atoms with Crippen LogP contribution in [-0.2, 0) is 11.3 Å². The lowest BCUT2D eigenvalue weighted by Crippen LogP contribution is -2.49. The average Bonchev–Trinajstić information content (AvgIpc) is 3.14. The molecule has 0 aliphatic carbocycles. The van der Waals surface area contributed by atoms with Gasteiger partial charge in [-0.2, -0.15) is 5.16 Å². The van der Waals surface area contributed by atoms with Gasteiger partial charge in [0.05, 0.1) is 36.7 Å². The van der Waals surface area contributed by atoms with E-state index in [1.807, 2.05) is 4.68 Å². The van der Waals surface area contributed by atoms with Crippen LogP contribution in [0.15, 0.2) is 21.6 Å². The Labute approximate surface area is 118 Å². The summed E-state index contributed by atoms with van der Waals surface area (Å²) in [5.41, 5.74) is 0.478. The van der Waals surface area contributed by atoms with Gasteiger partial charge in [0.1, 0.15) is 0 Å². The van der Waals surface area contributed by atoms with Crippen LogP contribution in [0.2, 0.25) is 0 Å². The van der Waals surface area contributed by atoms with Crippen molar-refractivity contribution in [1.82, 2.24) is 25.1 Å². The first-order chi connectivity index (χ1) is 10.2. The highest BCUT2D eigenvalue weighted by Gasteiger charge is 2.38. The molecular weight excluding hydrogens is 278 g/mol. The molecule has 4 heterocycles. The van der Waals surface area contributed by atoms with Crippen LogP contribution in [0, 0.1) is 0 Å². The molecule has 2 aromatic rings. The molecule has 4 rings (SSSR count). The summed E-state index contributed by atoms with van der Waals surface area (Å²) >= 11 is 0. The Hall–Kier alpha value is -2.42. The van der Waals surface area contributed by atoms with Crippen molar-refractivity contribution in [2.75, 3.05) is 13.1 Å². The largest absolute Gasteiger partial charge is 0.373 e. The molecule has 2 aromatic heterocycles. The van der Waals surface area contributed by atoms with Crippen LogP contribution in [0.1, 0.15) is 28.7 Å². The number of carbonyl (C=O) groups excluding carboxylic acids is 1. The Morgan fingerprint density at radius 2 is 2.38 bits per heavy atom. The second-order valence-electron chi connectivity index (χ2n) is 5.20. The lowest BCUT2D eigenvalue weighted by molar-refractivity contribution is -0.0609. The smallest absolute Gasteiger partial charge is 0.292 e. The van der Waals surface area contributed by atoms with Gasteiger partial charge in [0.15, 0.2) is 0 Å². The Morgan fingerprint density at radius 1 is 1.48 bits per heavy atom. The minimum absolute atomic E-state index is 0.0222. The molecule has 1 N–H and O–H groups in total. The van der Waals surface area contributed by atoms with E-state index in [-0.39, 0.29) is 23.8 Å². The topological polar surface area (TPSA) is 106 Å². The van der Waals surface area contributed by atoms with Gasteiger partial charge in [0.2, 0.25) is 5.76 Å². The van der Waals surface area contributed by atoms with E-state index in [0.717, 1.165) is 11.8 Å². The molecular formula is C12H13N5O4. The number of nitrogens with one attached hydrogen (secondary N) is 1. The maximum atomic E-state index is 12.3. The molecule has 2 atom stereocenters. The van der Waals surface area contributed by atoms with Gasteiger partial charge in [0, 0.05) is 13.1 Å². The number of amides is 1. The van der Waals surface area contributed by atoms with Crippen LogP contribution in [0.3, 0.4) is 0 Å². The molecule has 1 amide bonds. The molecule has 1 saturated heterocycles. The number of H-pyrrole nitrogens is 1. The number of hydrogen-bond donors (Lipinski definition) is 1. The predicted molar refractivity (Wildman–Crippen MR) is 67.5 cm³/mol. The van der Waals surface area contributed by atoms with E-state index in [1.54, 1.807) is 11.1 Å². The van der Waals surface area contributed by atoms with Gasteiger partial charge in [-0.25, -0.2) is 4.68 Å². The van der Waals surface area contributed by atoms with Crippen LogP contribution >= 0.6 is 0 Å².